The van der Waals surface area contributed by atoms with Gasteiger partial charge in [0, 0.05) is 5.56 Å². The summed E-state index contributed by atoms with van der Waals surface area (Å²) in [5, 5.41) is 6.40. The first kappa shape index (κ1) is 14.0. The van der Waals surface area contributed by atoms with E-state index in [1.807, 2.05) is 36.6 Å². The molecular formula is C15H13ClN2O2S. The topological polar surface area (TPSA) is 61.3 Å². The normalized spacial score (nSPS) is 10.8. The molecule has 0 amide bonds. The summed E-state index contributed by atoms with van der Waals surface area (Å²) >= 11 is 7.68. The third kappa shape index (κ3) is 2.39. The lowest BCUT2D eigenvalue weighted by molar-refractivity contribution is 0.416. The van der Waals surface area contributed by atoms with Gasteiger partial charge in [-0.15, -0.1) is 11.3 Å². The summed E-state index contributed by atoms with van der Waals surface area (Å²) in [7, 11) is 1.62. The molecule has 0 saturated heterocycles. The second-order valence-corrected chi connectivity index (χ2v) is 5.90. The molecule has 0 unspecified atom stereocenters. The van der Waals surface area contributed by atoms with Gasteiger partial charge in [-0.2, -0.15) is 0 Å². The number of thiophene rings is 1. The monoisotopic (exact) mass is 320 g/mol. The number of benzene rings is 1. The number of nitrogens with two attached hydrogens (primary N) is 1. The number of anilines is 1. The number of rotatable bonds is 3. The van der Waals surface area contributed by atoms with Crippen LogP contribution in [0.3, 0.4) is 0 Å². The lowest BCUT2D eigenvalue weighted by Crippen LogP contribution is -1.93. The van der Waals surface area contributed by atoms with Crippen LogP contribution in [0.5, 0.6) is 5.75 Å². The fourth-order valence-corrected chi connectivity index (χ4v) is 3.31. The van der Waals surface area contributed by atoms with Crippen LogP contribution in [0.25, 0.3) is 21.8 Å². The second-order valence-electron chi connectivity index (χ2n) is 4.57. The number of aromatic nitrogens is 1. The third-order valence-corrected chi connectivity index (χ3v) is 4.51. The summed E-state index contributed by atoms with van der Waals surface area (Å²) in [6.07, 6.45) is 0. The molecule has 2 heterocycles. The second kappa shape index (κ2) is 5.42. The SMILES string of the molecule is COc1ccc(C)cc1-c1c(N)noc1-c1sccc1Cl. The summed E-state index contributed by atoms with van der Waals surface area (Å²) in [5.41, 5.74) is 8.65. The van der Waals surface area contributed by atoms with E-state index >= 15 is 0 Å². The smallest absolute Gasteiger partial charge is 0.188 e. The van der Waals surface area contributed by atoms with Crippen molar-refractivity contribution in [2.75, 3.05) is 12.8 Å². The highest BCUT2D eigenvalue weighted by Crippen LogP contribution is 2.44. The maximum absolute atomic E-state index is 6.20. The fourth-order valence-electron chi connectivity index (χ4n) is 2.19. The highest BCUT2D eigenvalue weighted by molar-refractivity contribution is 7.14. The Labute approximate surface area is 131 Å². The van der Waals surface area contributed by atoms with Gasteiger partial charge in [0.2, 0.25) is 0 Å². The Morgan fingerprint density at radius 1 is 1.33 bits per heavy atom. The van der Waals surface area contributed by atoms with Crippen LogP contribution in [0.1, 0.15) is 5.56 Å². The highest BCUT2D eigenvalue weighted by Gasteiger charge is 2.23. The minimum Gasteiger partial charge on any atom is -0.496 e. The molecule has 1 aromatic carbocycles. The standard InChI is InChI=1S/C15H13ClN2O2S/c1-8-3-4-11(19-2)9(7-8)12-13(20-18-15(12)17)14-10(16)5-6-21-14/h3-7H,1-2H3,(H2,17,18). The van der Waals surface area contributed by atoms with E-state index in [9.17, 15) is 0 Å². The summed E-state index contributed by atoms with van der Waals surface area (Å²) in [5.74, 6) is 1.60. The van der Waals surface area contributed by atoms with Crippen LogP contribution in [0.2, 0.25) is 5.02 Å². The van der Waals surface area contributed by atoms with E-state index < -0.39 is 0 Å². The van der Waals surface area contributed by atoms with Crippen molar-refractivity contribution >= 4 is 28.8 Å². The van der Waals surface area contributed by atoms with Gasteiger partial charge >= 0.3 is 0 Å². The van der Waals surface area contributed by atoms with Crippen LogP contribution in [0.15, 0.2) is 34.2 Å². The van der Waals surface area contributed by atoms with Gasteiger partial charge in [-0.05, 0) is 30.5 Å². The summed E-state index contributed by atoms with van der Waals surface area (Å²) in [6.45, 7) is 2.00. The van der Waals surface area contributed by atoms with Gasteiger partial charge in [0.25, 0.3) is 0 Å². The van der Waals surface area contributed by atoms with Gasteiger partial charge in [-0.3, -0.25) is 0 Å². The Bertz CT molecular complexity index is 795. The number of nitrogen functional groups attached to an aromatic ring is 1. The van der Waals surface area contributed by atoms with Crippen molar-refractivity contribution < 1.29 is 9.26 Å². The van der Waals surface area contributed by atoms with E-state index in [1.54, 1.807) is 7.11 Å². The quantitative estimate of drug-likeness (QED) is 0.764. The Kier molecular flexibility index (Phi) is 3.61. The average Bonchev–Trinajstić information content (AvgIpc) is 3.04. The van der Waals surface area contributed by atoms with Crippen molar-refractivity contribution in [3.63, 3.8) is 0 Å². The van der Waals surface area contributed by atoms with Crippen LogP contribution >= 0.6 is 22.9 Å². The Morgan fingerprint density at radius 3 is 2.81 bits per heavy atom. The molecule has 0 spiro atoms. The van der Waals surface area contributed by atoms with E-state index in [-0.39, 0.29) is 0 Å². The summed E-state index contributed by atoms with van der Waals surface area (Å²) in [4.78, 5) is 0.805. The Balaban J connectivity index is 2.27. The van der Waals surface area contributed by atoms with Crippen LogP contribution in [0, 0.1) is 6.92 Å². The largest absolute Gasteiger partial charge is 0.496 e. The number of hydrogen-bond donors (Lipinski definition) is 1. The van der Waals surface area contributed by atoms with E-state index in [0.29, 0.717) is 27.9 Å². The molecule has 0 saturated carbocycles. The fraction of sp³-hybridized carbons (Fsp3) is 0.133. The number of hydrogen-bond acceptors (Lipinski definition) is 5. The summed E-state index contributed by atoms with van der Waals surface area (Å²) < 4.78 is 10.8. The first-order valence-electron chi connectivity index (χ1n) is 6.25. The zero-order chi connectivity index (χ0) is 15.0. The molecule has 2 aromatic heterocycles. The predicted octanol–water partition coefficient (Wildman–Crippen LogP) is 4.62. The molecule has 0 atom stereocenters. The molecule has 0 aliphatic carbocycles. The van der Waals surface area contributed by atoms with Gasteiger partial charge in [0.05, 0.1) is 22.6 Å². The zero-order valence-electron chi connectivity index (χ0n) is 11.5. The highest BCUT2D eigenvalue weighted by atomic mass is 35.5. The minimum absolute atomic E-state index is 0.318. The lowest BCUT2D eigenvalue weighted by Gasteiger charge is -2.09. The maximum atomic E-state index is 6.20. The van der Waals surface area contributed by atoms with Gasteiger partial charge < -0.3 is 15.0 Å². The van der Waals surface area contributed by atoms with E-state index in [1.165, 1.54) is 11.3 Å². The van der Waals surface area contributed by atoms with Gasteiger partial charge in [-0.25, -0.2) is 0 Å². The number of methoxy groups -OCH3 is 1. The molecule has 21 heavy (non-hydrogen) atoms. The molecule has 3 rings (SSSR count). The van der Waals surface area contributed by atoms with Crippen LogP contribution in [0.4, 0.5) is 5.82 Å². The number of halogens is 1. The van der Waals surface area contributed by atoms with Crippen molar-refractivity contribution in [2.24, 2.45) is 0 Å². The molecule has 0 aliphatic heterocycles. The van der Waals surface area contributed by atoms with E-state index in [0.717, 1.165) is 16.0 Å². The first-order chi connectivity index (χ1) is 10.1. The molecule has 0 bridgehead atoms. The van der Waals surface area contributed by atoms with Crippen LogP contribution in [-0.2, 0) is 0 Å². The molecule has 0 aliphatic rings. The molecule has 3 aromatic rings. The van der Waals surface area contributed by atoms with E-state index in [2.05, 4.69) is 5.16 Å². The average molecular weight is 321 g/mol. The Hall–Kier alpha value is -1.98. The van der Waals surface area contributed by atoms with Crippen molar-refractivity contribution in [3.8, 4) is 27.5 Å². The predicted molar refractivity (Wildman–Crippen MR) is 86.0 cm³/mol. The van der Waals surface area contributed by atoms with Crippen molar-refractivity contribution in [3.05, 3.63) is 40.2 Å². The van der Waals surface area contributed by atoms with Gasteiger partial charge in [-0.1, -0.05) is 28.4 Å². The maximum Gasteiger partial charge on any atom is 0.188 e. The zero-order valence-corrected chi connectivity index (χ0v) is 13.1. The molecule has 2 N–H and O–H groups in total. The van der Waals surface area contributed by atoms with Crippen molar-refractivity contribution in [2.45, 2.75) is 6.92 Å². The van der Waals surface area contributed by atoms with Crippen molar-refractivity contribution in [1.29, 1.82) is 0 Å². The molecule has 108 valence electrons. The van der Waals surface area contributed by atoms with Gasteiger partial charge in [0.1, 0.15) is 5.75 Å². The molecule has 4 nitrogen and oxygen atoms in total. The third-order valence-electron chi connectivity index (χ3n) is 3.17. The lowest BCUT2D eigenvalue weighted by atomic mass is 10.0. The number of aryl methyl sites for hydroxylation is 1. The molecule has 6 heteroatoms. The molecular weight excluding hydrogens is 308 g/mol. The number of nitrogens with zero attached hydrogens (tertiary/aromatic N) is 1. The van der Waals surface area contributed by atoms with E-state index in [4.69, 9.17) is 26.6 Å². The molecule has 0 fully saturated rings. The Morgan fingerprint density at radius 2 is 2.14 bits per heavy atom. The minimum atomic E-state index is 0.318. The van der Waals surface area contributed by atoms with Crippen molar-refractivity contribution in [1.82, 2.24) is 5.16 Å². The first-order valence-corrected chi connectivity index (χ1v) is 7.51. The number of ether oxygens (including phenoxy) is 1. The summed E-state index contributed by atoms with van der Waals surface area (Å²) in [6, 6.07) is 7.69. The molecule has 0 radical (unpaired) electrons. The van der Waals surface area contributed by atoms with Gasteiger partial charge in [0.15, 0.2) is 11.6 Å². The van der Waals surface area contributed by atoms with Crippen LogP contribution in [-0.4, -0.2) is 12.3 Å². The van der Waals surface area contributed by atoms with Crippen LogP contribution < -0.4 is 10.5 Å².